The first-order valence-corrected chi connectivity index (χ1v) is 11.7. The van der Waals surface area contributed by atoms with Crippen LogP contribution in [-0.2, 0) is 4.74 Å². The van der Waals surface area contributed by atoms with Gasteiger partial charge in [-0.2, -0.15) is 13.2 Å². The van der Waals surface area contributed by atoms with Crippen molar-refractivity contribution in [3.8, 4) is 0 Å². The van der Waals surface area contributed by atoms with E-state index < -0.39 is 24.3 Å². The third-order valence-electron chi connectivity index (χ3n) is 9.38. The Balaban J connectivity index is 1.44. The van der Waals surface area contributed by atoms with E-state index in [1.807, 2.05) is 6.92 Å². The van der Waals surface area contributed by atoms with Crippen LogP contribution in [0.4, 0.5) is 13.2 Å². The molecule has 0 aromatic heterocycles. The highest BCUT2D eigenvalue weighted by molar-refractivity contribution is 5.26. The lowest BCUT2D eigenvalue weighted by molar-refractivity contribution is -0.210. The van der Waals surface area contributed by atoms with Crippen LogP contribution in [0.2, 0.25) is 0 Å². The van der Waals surface area contributed by atoms with Crippen LogP contribution in [0.15, 0.2) is 11.6 Å². The summed E-state index contributed by atoms with van der Waals surface area (Å²) in [6, 6.07) is 0. The summed E-state index contributed by atoms with van der Waals surface area (Å²) in [6.07, 6.45) is 2.95. The average molecular weight is 431 g/mol. The molecule has 0 bridgehead atoms. The molecule has 6 heteroatoms. The molecule has 4 aliphatic rings. The molecular formula is C24H37F3O3. The van der Waals surface area contributed by atoms with E-state index in [0.29, 0.717) is 17.8 Å². The molecule has 0 aromatic rings. The van der Waals surface area contributed by atoms with Crippen LogP contribution in [-0.4, -0.2) is 40.8 Å². The zero-order valence-electron chi connectivity index (χ0n) is 18.5. The van der Waals surface area contributed by atoms with Gasteiger partial charge < -0.3 is 14.9 Å². The van der Waals surface area contributed by atoms with Crippen LogP contribution in [0.1, 0.15) is 78.6 Å². The molecule has 0 saturated heterocycles. The van der Waals surface area contributed by atoms with Gasteiger partial charge >= 0.3 is 6.18 Å². The van der Waals surface area contributed by atoms with Crippen LogP contribution in [0.5, 0.6) is 0 Å². The third kappa shape index (κ3) is 3.75. The van der Waals surface area contributed by atoms with Crippen molar-refractivity contribution in [1.82, 2.24) is 0 Å². The number of halogens is 3. The average Bonchev–Trinajstić information content (AvgIpc) is 2.98. The standard InChI is InChI=1S/C24H37F3O3/c1-21(29)11-12-22(2)15(14-21)4-5-16-17-6-7-20(23(17,3)10-8-18(16)22)30-13-9-19(28)24(25,26)27/h4,16-20,28-29H,5-14H2,1-3H3. The van der Waals surface area contributed by atoms with Crippen LogP contribution in [0.25, 0.3) is 0 Å². The summed E-state index contributed by atoms with van der Waals surface area (Å²) in [6.45, 7) is 6.58. The van der Waals surface area contributed by atoms with Crippen LogP contribution in [0.3, 0.4) is 0 Å². The number of hydrogen-bond acceptors (Lipinski definition) is 3. The molecule has 0 heterocycles. The van der Waals surface area contributed by atoms with Gasteiger partial charge in [0.15, 0.2) is 6.10 Å². The lowest BCUT2D eigenvalue weighted by Crippen LogP contribution is -2.52. The molecule has 3 saturated carbocycles. The summed E-state index contributed by atoms with van der Waals surface area (Å²) in [5.41, 5.74) is 1.03. The monoisotopic (exact) mass is 430 g/mol. The van der Waals surface area contributed by atoms with Crippen molar-refractivity contribution >= 4 is 0 Å². The van der Waals surface area contributed by atoms with E-state index in [1.54, 1.807) is 0 Å². The predicted octanol–water partition coefficient (Wildman–Crippen LogP) is 5.40. The van der Waals surface area contributed by atoms with Crippen LogP contribution in [0, 0.1) is 28.6 Å². The normalized spacial score (nSPS) is 47.1. The molecule has 0 amide bonds. The van der Waals surface area contributed by atoms with Gasteiger partial charge in [0.2, 0.25) is 0 Å². The minimum Gasteiger partial charge on any atom is -0.390 e. The first kappa shape index (κ1) is 22.6. The third-order valence-corrected chi connectivity index (χ3v) is 9.38. The van der Waals surface area contributed by atoms with Crippen molar-refractivity contribution in [1.29, 1.82) is 0 Å². The van der Waals surface area contributed by atoms with E-state index in [0.717, 1.165) is 51.4 Å². The quantitative estimate of drug-likeness (QED) is 0.587. The maximum Gasteiger partial charge on any atom is 0.414 e. The Labute approximate surface area is 178 Å². The van der Waals surface area contributed by atoms with E-state index in [1.165, 1.54) is 5.57 Å². The number of aliphatic hydroxyl groups excluding tert-OH is 1. The number of fused-ring (bicyclic) bond motifs is 5. The molecule has 30 heavy (non-hydrogen) atoms. The number of rotatable bonds is 4. The van der Waals surface area contributed by atoms with Crippen molar-refractivity contribution in [3.05, 3.63) is 11.6 Å². The van der Waals surface area contributed by atoms with Gasteiger partial charge in [0.05, 0.1) is 11.7 Å². The number of allylic oxidation sites excluding steroid dienone is 1. The summed E-state index contributed by atoms with van der Waals surface area (Å²) in [7, 11) is 0. The fourth-order valence-corrected chi connectivity index (χ4v) is 7.52. The van der Waals surface area contributed by atoms with E-state index in [4.69, 9.17) is 4.74 Å². The van der Waals surface area contributed by atoms with Crippen LogP contribution >= 0.6 is 0 Å². The fraction of sp³-hybridized carbons (Fsp3) is 0.917. The Morgan fingerprint density at radius 1 is 1.10 bits per heavy atom. The molecule has 4 aliphatic carbocycles. The highest BCUT2D eigenvalue weighted by Gasteiger charge is 2.59. The van der Waals surface area contributed by atoms with Gasteiger partial charge in [-0.25, -0.2) is 0 Å². The maximum absolute atomic E-state index is 12.6. The Morgan fingerprint density at radius 3 is 2.53 bits per heavy atom. The summed E-state index contributed by atoms with van der Waals surface area (Å²) >= 11 is 0. The van der Waals surface area contributed by atoms with Gasteiger partial charge in [0, 0.05) is 13.0 Å². The zero-order valence-corrected chi connectivity index (χ0v) is 18.5. The van der Waals surface area contributed by atoms with Crippen molar-refractivity contribution in [2.45, 2.75) is 103 Å². The number of hydrogen-bond donors (Lipinski definition) is 2. The summed E-state index contributed by atoms with van der Waals surface area (Å²) in [5, 5.41) is 19.8. The Hall–Kier alpha value is -0.590. The SMILES string of the molecule is CC1(O)CCC2(C)C(=CCC3C2CCC2(C)C(OCCC(O)C(F)(F)F)CCC32)C1. The van der Waals surface area contributed by atoms with Gasteiger partial charge in [-0.15, -0.1) is 0 Å². The molecule has 3 fully saturated rings. The fourth-order valence-electron chi connectivity index (χ4n) is 7.52. The number of ether oxygens (including phenoxy) is 1. The first-order valence-electron chi connectivity index (χ1n) is 11.7. The van der Waals surface area contributed by atoms with Crippen molar-refractivity contribution in [2.75, 3.05) is 6.61 Å². The summed E-state index contributed by atoms with van der Waals surface area (Å²) < 4.78 is 43.7. The lowest BCUT2D eigenvalue weighted by atomic mass is 9.47. The number of aliphatic hydroxyl groups is 2. The molecule has 2 N–H and O–H groups in total. The van der Waals surface area contributed by atoms with E-state index in [-0.39, 0.29) is 23.5 Å². The molecule has 0 radical (unpaired) electrons. The molecule has 8 unspecified atom stereocenters. The molecular weight excluding hydrogens is 393 g/mol. The lowest BCUT2D eigenvalue weighted by Gasteiger charge is -2.58. The Bertz CT molecular complexity index is 688. The predicted molar refractivity (Wildman–Crippen MR) is 109 cm³/mol. The van der Waals surface area contributed by atoms with E-state index in [9.17, 15) is 23.4 Å². The van der Waals surface area contributed by atoms with Crippen molar-refractivity contribution in [3.63, 3.8) is 0 Å². The molecule has 3 nitrogen and oxygen atoms in total. The smallest absolute Gasteiger partial charge is 0.390 e. The van der Waals surface area contributed by atoms with Gasteiger partial charge in [-0.1, -0.05) is 25.5 Å². The minimum absolute atomic E-state index is 0.00617. The number of alkyl halides is 3. The largest absolute Gasteiger partial charge is 0.414 e. The minimum atomic E-state index is -4.57. The second kappa shape index (κ2) is 7.48. The van der Waals surface area contributed by atoms with Crippen LogP contribution < -0.4 is 0 Å². The van der Waals surface area contributed by atoms with E-state index in [2.05, 4.69) is 19.9 Å². The highest BCUT2D eigenvalue weighted by atomic mass is 19.4. The van der Waals surface area contributed by atoms with Gasteiger partial charge in [-0.3, -0.25) is 0 Å². The Morgan fingerprint density at radius 2 is 1.83 bits per heavy atom. The second-order valence-electron chi connectivity index (χ2n) is 11.3. The maximum atomic E-state index is 12.6. The van der Waals surface area contributed by atoms with E-state index >= 15 is 0 Å². The Kier molecular flexibility index (Phi) is 5.64. The topological polar surface area (TPSA) is 49.7 Å². The molecule has 8 atom stereocenters. The van der Waals surface area contributed by atoms with Crippen molar-refractivity contribution in [2.24, 2.45) is 28.6 Å². The molecule has 4 rings (SSSR count). The van der Waals surface area contributed by atoms with Gasteiger partial charge in [0.1, 0.15) is 0 Å². The molecule has 0 aromatic carbocycles. The second-order valence-corrected chi connectivity index (χ2v) is 11.3. The molecule has 0 spiro atoms. The molecule has 0 aliphatic heterocycles. The van der Waals surface area contributed by atoms with Gasteiger partial charge in [0.25, 0.3) is 0 Å². The first-order chi connectivity index (χ1) is 13.9. The summed E-state index contributed by atoms with van der Waals surface area (Å²) in [5.74, 6) is 1.75. The van der Waals surface area contributed by atoms with Gasteiger partial charge in [-0.05, 0) is 86.9 Å². The molecule has 172 valence electrons. The highest BCUT2D eigenvalue weighted by Crippen LogP contribution is 2.65. The van der Waals surface area contributed by atoms with Crippen molar-refractivity contribution < 1.29 is 28.1 Å². The zero-order chi connectivity index (χ0) is 21.9. The summed E-state index contributed by atoms with van der Waals surface area (Å²) in [4.78, 5) is 0.